The first-order valence-corrected chi connectivity index (χ1v) is 7.22. The second kappa shape index (κ2) is 5.49. The summed E-state index contributed by atoms with van der Waals surface area (Å²) < 4.78 is 2.78. The molecule has 1 heterocycles. The molecule has 0 radical (unpaired) electrons. The average Bonchev–Trinajstić information content (AvgIpc) is 2.66. The van der Waals surface area contributed by atoms with Crippen LogP contribution in [0.3, 0.4) is 0 Å². The molecule has 0 unspecified atom stereocenters. The average molecular weight is 383 g/mol. The normalized spacial score (nSPS) is 10.4. The zero-order chi connectivity index (χ0) is 11.5. The molecule has 0 atom stereocenters. The lowest BCUT2D eigenvalue weighted by Crippen LogP contribution is -1.99. The Labute approximate surface area is 119 Å². The fraction of sp³-hybridized carbons (Fsp3) is 0.100. The predicted octanol–water partition coefficient (Wildman–Crippen LogP) is 4.93. The zero-order valence-electron chi connectivity index (χ0n) is 8.01. The summed E-state index contributed by atoms with van der Waals surface area (Å²) in [7, 11) is 0. The molecule has 2 aromatic rings. The van der Waals surface area contributed by atoms with Crippen LogP contribution in [0.5, 0.6) is 0 Å². The second-order valence-corrected chi connectivity index (χ2v) is 6.55. The van der Waals surface area contributed by atoms with E-state index < -0.39 is 0 Å². The topological polar surface area (TPSA) is 24.9 Å². The highest BCUT2D eigenvalue weighted by atomic mass is 79.9. The summed E-state index contributed by atoms with van der Waals surface area (Å²) in [6.07, 6.45) is 1.67. The van der Waals surface area contributed by atoms with Crippen LogP contribution >= 0.6 is 54.8 Å². The van der Waals surface area contributed by atoms with Crippen LogP contribution in [-0.4, -0.2) is 4.98 Å². The minimum absolute atomic E-state index is 0.673. The first-order valence-electron chi connectivity index (χ1n) is 4.44. The quantitative estimate of drug-likeness (QED) is 0.814. The largest absolute Gasteiger partial charge is 0.378 e. The molecule has 0 saturated heterocycles. The minimum atomic E-state index is 0.673. The van der Waals surface area contributed by atoms with Gasteiger partial charge < -0.3 is 5.32 Å². The van der Waals surface area contributed by atoms with Gasteiger partial charge in [0.1, 0.15) is 9.34 Å². The third kappa shape index (κ3) is 3.20. The fourth-order valence-electron chi connectivity index (χ4n) is 1.17. The number of nitrogens with zero attached hydrogens (tertiary/aromatic N) is 1. The maximum absolute atomic E-state index is 5.81. The maximum atomic E-state index is 5.81. The van der Waals surface area contributed by atoms with Crippen LogP contribution in [-0.2, 0) is 6.54 Å². The molecule has 2 nitrogen and oxygen atoms in total. The van der Waals surface area contributed by atoms with Crippen molar-refractivity contribution in [3.05, 3.63) is 42.7 Å². The molecule has 0 aliphatic carbocycles. The molecule has 0 spiro atoms. The van der Waals surface area contributed by atoms with E-state index in [9.17, 15) is 0 Å². The molecule has 0 aliphatic rings. The number of rotatable bonds is 3. The number of anilines is 1. The summed E-state index contributed by atoms with van der Waals surface area (Å²) in [6, 6.07) is 5.98. The van der Waals surface area contributed by atoms with E-state index in [4.69, 9.17) is 11.6 Å². The summed E-state index contributed by atoms with van der Waals surface area (Å²) in [4.78, 5) is 4.18. The number of aromatic nitrogens is 1. The summed E-state index contributed by atoms with van der Waals surface area (Å²) in [5.74, 6) is 0. The predicted molar refractivity (Wildman–Crippen MR) is 76.3 cm³/mol. The highest BCUT2D eigenvalue weighted by Gasteiger charge is 2.03. The van der Waals surface area contributed by atoms with E-state index in [1.807, 2.05) is 18.2 Å². The molecule has 0 bridgehead atoms. The van der Waals surface area contributed by atoms with Gasteiger partial charge in [0.05, 0.1) is 12.7 Å². The lowest BCUT2D eigenvalue weighted by Gasteiger charge is -2.07. The molecule has 1 aromatic carbocycles. The molecule has 84 valence electrons. The first-order chi connectivity index (χ1) is 7.65. The third-order valence-electron chi connectivity index (χ3n) is 1.88. The van der Waals surface area contributed by atoms with E-state index in [-0.39, 0.29) is 0 Å². The van der Waals surface area contributed by atoms with Gasteiger partial charge in [0.15, 0.2) is 0 Å². The minimum Gasteiger partial charge on any atom is -0.378 e. The number of nitrogens with one attached hydrogen (secondary N) is 1. The molecule has 0 amide bonds. The molecule has 6 heteroatoms. The maximum Gasteiger partial charge on any atom is 0.113 e. The van der Waals surface area contributed by atoms with E-state index in [2.05, 4.69) is 42.2 Å². The Morgan fingerprint density at radius 3 is 2.88 bits per heavy atom. The van der Waals surface area contributed by atoms with E-state index in [1.54, 1.807) is 6.20 Å². The standard InChI is InChI=1S/C10H7Br2ClN2S/c11-6-1-2-7(12)8(3-6)14-5-10-15-4-9(13)16-10/h1-4,14H,5H2. The van der Waals surface area contributed by atoms with Crippen LogP contribution in [0.1, 0.15) is 5.01 Å². The zero-order valence-corrected chi connectivity index (χ0v) is 12.8. The number of thiazole rings is 1. The summed E-state index contributed by atoms with van der Waals surface area (Å²) in [5, 5.41) is 4.27. The number of benzene rings is 1. The molecule has 1 N–H and O–H groups in total. The van der Waals surface area contributed by atoms with Crippen molar-refractivity contribution < 1.29 is 0 Å². The molecule has 0 fully saturated rings. The molecule has 16 heavy (non-hydrogen) atoms. The molecule has 0 aliphatic heterocycles. The van der Waals surface area contributed by atoms with E-state index >= 15 is 0 Å². The van der Waals surface area contributed by atoms with Gasteiger partial charge in [-0.15, -0.1) is 11.3 Å². The SMILES string of the molecule is Clc1cnc(CNc2cc(Br)ccc2Br)s1. The van der Waals surface area contributed by atoms with Gasteiger partial charge in [0.25, 0.3) is 0 Å². The number of halogens is 3. The highest BCUT2D eigenvalue weighted by Crippen LogP contribution is 2.27. The highest BCUT2D eigenvalue weighted by molar-refractivity contribution is 9.11. The van der Waals surface area contributed by atoms with Gasteiger partial charge in [-0.2, -0.15) is 0 Å². The lowest BCUT2D eigenvalue weighted by atomic mass is 10.3. The lowest BCUT2D eigenvalue weighted by molar-refractivity contribution is 1.10. The van der Waals surface area contributed by atoms with Crippen molar-refractivity contribution in [1.29, 1.82) is 0 Å². The van der Waals surface area contributed by atoms with Gasteiger partial charge >= 0.3 is 0 Å². The van der Waals surface area contributed by atoms with Gasteiger partial charge in [-0.25, -0.2) is 4.98 Å². The van der Waals surface area contributed by atoms with Crippen LogP contribution in [0.2, 0.25) is 4.34 Å². The monoisotopic (exact) mass is 380 g/mol. The molecule has 2 rings (SSSR count). The smallest absolute Gasteiger partial charge is 0.113 e. The Kier molecular flexibility index (Phi) is 4.24. The Bertz CT molecular complexity index is 501. The van der Waals surface area contributed by atoms with Crippen LogP contribution < -0.4 is 5.32 Å². The molecule has 1 aromatic heterocycles. The van der Waals surface area contributed by atoms with Gasteiger partial charge in [-0.1, -0.05) is 27.5 Å². The van der Waals surface area contributed by atoms with Crippen molar-refractivity contribution in [2.75, 3.05) is 5.32 Å². The fourth-order valence-corrected chi connectivity index (χ4v) is 2.82. The van der Waals surface area contributed by atoms with Crippen molar-refractivity contribution in [2.45, 2.75) is 6.54 Å². The van der Waals surface area contributed by atoms with Crippen LogP contribution in [0, 0.1) is 0 Å². The van der Waals surface area contributed by atoms with Gasteiger partial charge in [0, 0.05) is 14.6 Å². The summed E-state index contributed by atoms with van der Waals surface area (Å²) in [6.45, 7) is 0.673. The van der Waals surface area contributed by atoms with E-state index in [1.165, 1.54) is 11.3 Å². The summed E-state index contributed by atoms with van der Waals surface area (Å²) in [5.41, 5.74) is 1.03. The Balaban J connectivity index is 2.07. The molecular weight excluding hydrogens is 375 g/mol. The molecular formula is C10H7Br2ClN2S. The second-order valence-electron chi connectivity index (χ2n) is 3.04. The Morgan fingerprint density at radius 2 is 2.19 bits per heavy atom. The van der Waals surface area contributed by atoms with E-state index in [0.717, 1.165) is 19.6 Å². The van der Waals surface area contributed by atoms with Gasteiger partial charge in [-0.3, -0.25) is 0 Å². The van der Waals surface area contributed by atoms with Crippen molar-refractivity contribution in [3.8, 4) is 0 Å². The van der Waals surface area contributed by atoms with Crippen LogP contribution in [0.4, 0.5) is 5.69 Å². The number of hydrogen-bond acceptors (Lipinski definition) is 3. The third-order valence-corrected chi connectivity index (χ3v) is 4.18. The summed E-state index contributed by atoms with van der Waals surface area (Å²) >= 11 is 14.2. The van der Waals surface area contributed by atoms with E-state index in [0.29, 0.717) is 10.9 Å². The van der Waals surface area contributed by atoms with Crippen molar-refractivity contribution in [3.63, 3.8) is 0 Å². The van der Waals surface area contributed by atoms with Crippen molar-refractivity contribution >= 4 is 60.5 Å². The van der Waals surface area contributed by atoms with Gasteiger partial charge in [0.2, 0.25) is 0 Å². The number of hydrogen-bond donors (Lipinski definition) is 1. The molecule has 0 saturated carbocycles. The van der Waals surface area contributed by atoms with Gasteiger partial charge in [-0.05, 0) is 34.1 Å². The van der Waals surface area contributed by atoms with Crippen LogP contribution in [0.15, 0.2) is 33.3 Å². The Hall–Kier alpha value is -0.100. The van der Waals surface area contributed by atoms with Crippen molar-refractivity contribution in [1.82, 2.24) is 4.98 Å². The Morgan fingerprint density at radius 1 is 1.38 bits per heavy atom. The van der Waals surface area contributed by atoms with Crippen LogP contribution in [0.25, 0.3) is 0 Å². The van der Waals surface area contributed by atoms with Crippen molar-refractivity contribution in [2.24, 2.45) is 0 Å². The first kappa shape index (κ1) is 12.4.